The number of hydrogen-bond acceptors (Lipinski definition) is 4. The molecule has 0 unspecified atom stereocenters. The summed E-state index contributed by atoms with van der Waals surface area (Å²) >= 11 is 6.01. The van der Waals surface area contributed by atoms with Crippen molar-refractivity contribution in [3.8, 4) is 5.75 Å². The molecule has 1 N–H and O–H groups in total. The lowest BCUT2D eigenvalue weighted by Crippen LogP contribution is -2.38. The third kappa shape index (κ3) is 4.63. The number of nitrogens with zero attached hydrogens (tertiary/aromatic N) is 2. The quantitative estimate of drug-likeness (QED) is 0.508. The highest BCUT2D eigenvalue weighted by molar-refractivity contribution is 6.31. The fourth-order valence-electron chi connectivity index (χ4n) is 3.22. The second-order valence-corrected chi connectivity index (χ2v) is 7.04. The largest absolute Gasteiger partial charge is 0.494 e. The molecule has 0 radical (unpaired) electrons. The van der Waals surface area contributed by atoms with Crippen LogP contribution in [0.15, 0.2) is 61.2 Å². The van der Waals surface area contributed by atoms with E-state index in [1.54, 1.807) is 42.5 Å². The van der Waals surface area contributed by atoms with Gasteiger partial charge in [-0.3, -0.25) is 9.59 Å². The van der Waals surface area contributed by atoms with Crippen LogP contribution >= 0.6 is 11.6 Å². The summed E-state index contributed by atoms with van der Waals surface area (Å²) in [6.07, 6.45) is 1.34. The van der Waals surface area contributed by atoms with E-state index in [2.05, 4.69) is 11.9 Å². The average molecular weight is 428 g/mol. The molecule has 156 valence electrons. The van der Waals surface area contributed by atoms with Gasteiger partial charge in [-0.1, -0.05) is 23.7 Å². The summed E-state index contributed by atoms with van der Waals surface area (Å²) in [5, 5.41) is 3.15. The SMILES string of the molecule is C=CCN1C(=O)N(c2cccc(Cl)c2)C(=O)[C@@H]1CC(=O)Nc1ccc(OCC)cc1. The van der Waals surface area contributed by atoms with Crippen molar-refractivity contribution in [2.75, 3.05) is 23.4 Å². The van der Waals surface area contributed by atoms with Gasteiger partial charge in [-0.2, -0.15) is 0 Å². The van der Waals surface area contributed by atoms with Gasteiger partial charge in [-0.25, -0.2) is 9.69 Å². The number of halogens is 1. The van der Waals surface area contributed by atoms with Crippen LogP contribution in [-0.2, 0) is 9.59 Å². The molecule has 1 aliphatic heterocycles. The van der Waals surface area contributed by atoms with Gasteiger partial charge in [0.2, 0.25) is 5.91 Å². The van der Waals surface area contributed by atoms with Crippen LogP contribution in [0, 0.1) is 0 Å². The molecule has 1 saturated heterocycles. The molecule has 7 nitrogen and oxygen atoms in total. The fourth-order valence-corrected chi connectivity index (χ4v) is 3.41. The Morgan fingerprint density at radius 3 is 2.60 bits per heavy atom. The zero-order chi connectivity index (χ0) is 21.7. The maximum atomic E-state index is 13.0. The summed E-state index contributed by atoms with van der Waals surface area (Å²) in [6, 6.07) is 11.9. The molecule has 30 heavy (non-hydrogen) atoms. The van der Waals surface area contributed by atoms with Crippen LogP contribution in [0.25, 0.3) is 0 Å². The number of carbonyl (C=O) groups excluding carboxylic acids is 3. The number of urea groups is 1. The van der Waals surface area contributed by atoms with Crippen molar-refractivity contribution in [1.82, 2.24) is 4.90 Å². The predicted octanol–water partition coefficient (Wildman–Crippen LogP) is 4.09. The van der Waals surface area contributed by atoms with Crippen molar-refractivity contribution in [2.24, 2.45) is 0 Å². The highest BCUT2D eigenvalue weighted by Gasteiger charge is 2.46. The van der Waals surface area contributed by atoms with E-state index in [0.717, 1.165) is 4.90 Å². The minimum Gasteiger partial charge on any atom is -0.494 e. The fraction of sp³-hybridized carbons (Fsp3) is 0.227. The number of benzene rings is 2. The Bertz CT molecular complexity index is 961. The Morgan fingerprint density at radius 2 is 1.97 bits per heavy atom. The van der Waals surface area contributed by atoms with Gasteiger partial charge in [0.25, 0.3) is 5.91 Å². The smallest absolute Gasteiger partial charge is 0.332 e. The second-order valence-electron chi connectivity index (χ2n) is 6.60. The minimum atomic E-state index is -0.933. The van der Waals surface area contributed by atoms with E-state index in [1.165, 1.54) is 17.0 Å². The lowest BCUT2D eigenvalue weighted by Gasteiger charge is -2.19. The molecule has 8 heteroatoms. The van der Waals surface area contributed by atoms with E-state index in [4.69, 9.17) is 16.3 Å². The Hall–Kier alpha value is -3.32. The molecule has 2 aromatic rings. The van der Waals surface area contributed by atoms with Gasteiger partial charge in [0.05, 0.1) is 18.7 Å². The zero-order valence-corrected chi connectivity index (χ0v) is 17.3. The van der Waals surface area contributed by atoms with Crippen LogP contribution in [0.2, 0.25) is 5.02 Å². The van der Waals surface area contributed by atoms with E-state index in [1.807, 2.05) is 6.92 Å². The van der Waals surface area contributed by atoms with Gasteiger partial charge in [0.15, 0.2) is 0 Å². The second kappa shape index (κ2) is 9.45. The number of amides is 4. The Labute approximate surface area is 179 Å². The third-order valence-corrected chi connectivity index (χ3v) is 4.77. The molecule has 3 rings (SSSR count). The minimum absolute atomic E-state index is 0.142. The van der Waals surface area contributed by atoms with Crippen molar-refractivity contribution in [2.45, 2.75) is 19.4 Å². The van der Waals surface area contributed by atoms with Crippen LogP contribution in [0.5, 0.6) is 5.75 Å². The normalized spacial score (nSPS) is 16.0. The van der Waals surface area contributed by atoms with Crippen molar-refractivity contribution in [3.05, 3.63) is 66.2 Å². The number of carbonyl (C=O) groups is 3. The standard InChI is InChI=1S/C22H22ClN3O4/c1-3-12-25-19(14-20(27)24-16-8-10-18(11-9-16)30-4-2)21(28)26(22(25)29)17-7-5-6-15(23)13-17/h3,5-11,13,19H,1,4,12,14H2,2H3,(H,24,27)/t19-/m0/s1. The number of nitrogens with one attached hydrogen (secondary N) is 1. The van der Waals surface area contributed by atoms with Crippen molar-refractivity contribution in [1.29, 1.82) is 0 Å². The number of hydrogen-bond donors (Lipinski definition) is 1. The summed E-state index contributed by atoms with van der Waals surface area (Å²) in [6.45, 7) is 6.22. The van der Waals surface area contributed by atoms with Gasteiger partial charge in [-0.05, 0) is 49.4 Å². The first-order chi connectivity index (χ1) is 14.4. The third-order valence-electron chi connectivity index (χ3n) is 4.54. The van der Waals surface area contributed by atoms with E-state index in [0.29, 0.717) is 28.8 Å². The topological polar surface area (TPSA) is 79.0 Å². The summed E-state index contributed by atoms with van der Waals surface area (Å²) in [5.41, 5.74) is 0.933. The maximum absolute atomic E-state index is 13.0. The number of ether oxygens (including phenoxy) is 1. The Morgan fingerprint density at radius 1 is 1.23 bits per heavy atom. The first-order valence-corrected chi connectivity index (χ1v) is 9.86. The van der Waals surface area contributed by atoms with E-state index >= 15 is 0 Å². The molecule has 1 fully saturated rings. The van der Waals surface area contributed by atoms with Gasteiger partial charge in [0.1, 0.15) is 11.8 Å². The van der Waals surface area contributed by atoms with Crippen LogP contribution in [-0.4, -0.2) is 41.9 Å². The zero-order valence-electron chi connectivity index (χ0n) is 16.5. The van der Waals surface area contributed by atoms with Crippen LogP contribution in [0.4, 0.5) is 16.2 Å². The number of rotatable bonds is 8. The van der Waals surface area contributed by atoms with E-state index in [9.17, 15) is 14.4 Å². The molecular weight excluding hydrogens is 406 g/mol. The number of imide groups is 1. The highest BCUT2D eigenvalue weighted by atomic mass is 35.5. The number of anilines is 2. The Balaban J connectivity index is 1.75. The first-order valence-electron chi connectivity index (χ1n) is 9.48. The Kier molecular flexibility index (Phi) is 6.74. The average Bonchev–Trinajstić information content (AvgIpc) is 2.94. The molecule has 0 spiro atoms. The van der Waals surface area contributed by atoms with Crippen molar-refractivity contribution < 1.29 is 19.1 Å². The van der Waals surface area contributed by atoms with Gasteiger partial charge < -0.3 is 15.0 Å². The first kappa shape index (κ1) is 21.4. The molecule has 4 amide bonds. The molecular formula is C22H22ClN3O4. The molecule has 1 atom stereocenters. The molecule has 2 aromatic carbocycles. The monoisotopic (exact) mass is 427 g/mol. The predicted molar refractivity (Wildman–Crippen MR) is 116 cm³/mol. The highest BCUT2D eigenvalue weighted by Crippen LogP contribution is 2.29. The van der Waals surface area contributed by atoms with E-state index < -0.39 is 18.0 Å². The summed E-state index contributed by atoms with van der Waals surface area (Å²) < 4.78 is 5.38. The molecule has 0 saturated carbocycles. The molecule has 0 bridgehead atoms. The van der Waals surface area contributed by atoms with Gasteiger partial charge in [-0.15, -0.1) is 6.58 Å². The summed E-state index contributed by atoms with van der Waals surface area (Å²) in [5.74, 6) is -0.167. The lowest BCUT2D eigenvalue weighted by molar-refractivity contribution is -0.124. The lowest BCUT2D eigenvalue weighted by atomic mass is 10.1. The van der Waals surface area contributed by atoms with Crippen molar-refractivity contribution >= 4 is 40.8 Å². The molecule has 0 aliphatic carbocycles. The van der Waals surface area contributed by atoms with Gasteiger partial charge >= 0.3 is 6.03 Å². The molecule has 0 aromatic heterocycles. The van der Waals surface area contributed by atoms with Crippen LogP contribution in [0.1, 0.15) is 13.3 Å². The molecule has 1 heterocycles. The van der Waals surface area contributed by atoms with E-state index in [-0.39, 0.29) is 18.9 Å². The van der Waals surface area contributed by atoms with Crippen LogP contribution in [0.3, 0.4) is 0 Å². The van der Waals surface area contributed by atoms with Gasteiger partial charge in [0, 0.05) is 17.3 Å². The molecule has 1 aliphatic rings. The van der Waals surface area contributed by atoms with Crippen LogP contribution < -0.4 is 15.0 Å². The van der Waals surface area contributed by atoms with Crippen molar-refractivity contribution in [3.63, 3.8) is 0 Å². The maximum Gasteiger partial charge on any atom is 0.332 e. The summed E-state index contributed by atoms with van der Waals surface area (Å²) in [7, 11) is 0. The summed E-state index contributed by atoms with van der Waals surface area (Å²) in [4.78, 5) is 40.8.